The first-order valence-electron chi connectivity index (χ1n) is 12.5. The van der Waals surface area contributed by atoms with Crippen molar-refractivity contribution in [3.05, 3.63) is 71.8 Å². The predicted molar refractivity (Wildman–Crippen MR) is 125 cm³/mol. The smallest absolute Gasteiger partial charge is 0.172 e. The molecule has 0 aliphatic carbocycles. The summed E-state index contributed by atoms with van der Waals surface area (Å²) < 4.78 is 31.6. The Morgan fingerprint density at radius 1 is 0.636 bits per heavy atom. The second kappa shape index (κ2) is 10.7. The molecule has 3 saturated heterocycles. The fourth-order valence-corrected chi connectivity index (χ4v) is 5.38. The molecule has 3 aliphatic rings. The van der Waals surface area contributed by atoms with E-state index in [0.717, 1.165) is 51.4 Å². The first-order valence-corrected chi connectivity index (χ1v) is 12.5. The van der Waals surface area contributed by atoms with E-state index in [2.05, 4.69) is 24.3 Å². The third-order valence-corrected chi connectivity index (χ3v) is 7.02. The van der Waals surface area contributed by atoms with Gasteiger partial charge in [-0.25, -0.2) is 0 Å². The molecule has 3 aliphatic heterocycles. The lowest BCUT2D eigenvalue weighted by atomic mass is 9.96. The quantitative estimate of drug-likeness (QED) is 0.509. The SMILES string of the molecule is c1ccc(COC[C@@H]2CCC[C@]3(CC[C@@]4(CCC[C@@H](COCc5ccccc5)O4)O3)O2)cc1. The van der Waals surface area contributed by atoms with Gasteiger partial charge in [-0.1, -0.05) is 60.7 Å². The highest BCUT2D eigenvalue weighted by molar-refractivity contribution is 5.14. The van der Waals surface area contributed by atoms with Crippen LogP contribution in [0.3, 0.4) is 0 Å². The zero-order valence-electron chi connectivity index (χ0n) is 19.5. The van der Waals surface area contributed by atoms with Gasteiger partial charge in [-0.3, -0.25) is 0 Å². The summed E-state index contributed by atoms with van der Waals surface area (Å²) in [5.41, 5.74) is 2.38. The van der Waals surface area contributed by atoms with Crippen molar-refractivity contribution in [2.75, 3.05) is 13.2 Å². The molecule has 0 unspecified atom stereocenters. The Bertz CT molecular complexity index is 788. The first kappa shape index (κ1) is 23.0. The van der Waals surface area contributed by atoms with Gasteiger partial charge in [-0.15, -0.1) is 0 Å². The molecule has 2 aromatic rings. The van der Waals surface area contributed by atoms with Crippen LogP contribution in [0.25, 0.3) is 0 Å². The lowest BCUT2D eigenvalue weighted by Crippen LogP contribution is -2.48. The van der Waals surface area contributed by atoms with Gasteiger partial charge in [0.2, 0.25) is 0 Å². The minimum absolute atomic E-state index is 0.0752. The van der Waals surface area contributed by atoms with Crippen LogP contribution >= 0.6 is 0 Å². The summed E-state index contributed by atoms with van der Waals surface area (Å²) in [7, 11) is 0. The monoisotopic (exact) mass is 452 g/mol. The highest BCUT2D eigenvalue weighted by Crippen LogP contribution is 2.49. The van der Waals surface area contributed by atoms with Crippen LogP contribution in [0.5, 0.6) is 0 Å². The zero-order valence-corrected chi connectivity index (χ0v) is 19.5. The van der Waals surface area contributed by atoms with Crippen molar-refractivity contribution in [2.45, 2.75) is 88.4 Å². The normalized spacial score (nSPS) is 31.9. The fraction of sp³-hybridized carbons (Fsp3) is 0.571. The summed E-state index contributed by atoms with van der Waals surface area (Å²) in [5.74, 6) is -1.04. The molecule has 3 heterocycles. The van der Waals surface area contributed by atoms with Crippen LogP contribution in [0.15, 0.2) is 60.7 Å². The molecular weight excluding hydrogens is 416 g/mol. The van der Waals surface area contributed by atoms with Crippen LogP contribution in [0, 0.1) is 0 Å². The van der Waals surface area contributed by atoms with Crippen LogP contribution in [0.1, 0.15) is 62.5 Å². The highest BCUT2D eigenvalue weighted by Gasteiger charge is 2.54. The molecular formula is C28H36O5. The van der Waals surface area contributed by atoms with Gasteiger partial charge < -0.3 is 23.7 Å². The Morgan fingerprint density at radius 3 is 1.55 bits per heavy atom. The molecule has 5 nitrogen and oxygen atoms in total. The third-order valence-electron chi connectivity index (χ3n) is 7.02. The Morgan fingerprint density at radius 2 is 1.09 bits per heavy atom. The van der Waals surface area contributed by atoms with Crippen LogP contribution in [0.2, 0.25) is 0 Å². The lowest BCUT2D eigenvalue weighted by molar-refractivity contribution is -0.362. The molecule has 0 N–H and O–H groups in total. The van der Waals surface area contributed by atoms with Crippen LogP contribution in [-0.4, -0.2) is 37.0 Å². The van der Waals surface area contributed by atoms with Gasteiger partial charge in [0, 0.05) is 25.7 Å². The van der Waals surface area contributed by atoms with Gasteiger partial charge in [0.15, 0.2) is 11.6 Å². The Kier molecular flexibility index (Phi) is 7.43. The topological polar surface area (TPSA) is 46.2 Å². The van der Waals surface area contributed by atoms with Gasteiger partial charge in [0.25, 0.3) is 0 Å². The van der Waals surface area contributed by atoms with Crippen LogP contribution in [-0.2, 0) is 36.9 Å². The van der Waals surface area contributed by atoms with Gasteiger partial charge in [-0.2, -0.15) is 0 Å². The first-order chi connectivity index (χ1) is 16.2. The molecule has 2 aromatic carbocycles. The minimum atomic E-state index is -0.522. The molecule has 2 spiro atoms. The standard InChI is InChI=1S/C28H36O5/c1-3-9-23(10-4-1)19-29-21-25-13-7-15-27(31-25)17-18-28(33-27)16-8-14-26(32-28)22-30-20-24-11-5-2-6-12-24/h1-6,9-12,25-26H,7-8,13-22H2/t25-,26-,27-,28+/m0/s1. The van der Waals surface area contributed by atoms with Gasteiger partial charge >= 0.3 is 0 Å². The Balaban J connectivity index is 1.10. The van der Waals surface area contributed by atoms with Crippen LogP contribution in [0.4, 0.5) is 0 Å². The Hall–Kier alpha value is -1.76. The molecule has 0 saturated carbocycles. The molecule has 0 bridgehead atoms. The molecule has 4 atom stereocenters. The van der Waals surface area contributed by atoms with E-state index in [4.69, 9.17) is 23.7 Å². The highest BCUT2D eigenvalue weighted by atomic mass is 16.8. The summed E-state index contributed by atoms with van der Waals surface area (Å²) in [6.07, 6.45) is 8.02. The molecule has 3 fully saturated rings. The number of ether oxygens (including phenoxy) is 5. The van der Waals surface area contributed by atoms with E-state index < -0.39 is 11.6 Å². The summed E-state index contributed by atoms with van der Waals surface area (Å²) in [6, 6.07) is 20.6. The molecule has 0 amide bonds. The predicted octanol–water partition coefficient (Wildman–Crippen LogP) is 5.76. The summed E-state index contributed by atoms with van der Waals surface area (Å²) in [5, 5.41) is 0. The average molecular weight is 453 g/mol. The largest absolute Gasteiger partial charge is 0.374 e. The molecule has 0 radical (unpaired) electrons. The summed E-state index contributed by atoms with van der Waals surface area (Å²) >= 11 is 0. The second-order valence-electron chi connectivity index (χ2n) is 9.69. The van der Waals surface area contributed by atoms with E-state index in [1.54, 1.807) is 0 Å². The Labute approximate surface area is 197 Å². The maximum Gasteiger partial charge on any atom is 0.172 e. The number of hydrogen-bond acceptors (Lipinski definition) is 5. The van der Waals surface area contributed by atoms with E-state index >= 15 is 0 Å². The number of hydrogen-bond donors (Lipinski definition) is 0. The van der Waals surface area contributed by atoms with Gasteiger partial charge in [0.05, 0.1) is 38.6 Å². The van der Waals surface area contributed by atoms with Crippen molar-refractivity contribution >= 4 is 0 Å². The summed E-state index contributed by atoms with van der Waals surface area (Å²) in [4.78, 5) is 0. The number of rotatable bonds is 8. The average Bonchev–Trinajstić information content (AvgIpc) is 3.17. The van der Waals surface area contributed by atoms with Crippen molar-refractivity contribution in [1.82, 2.24) is 0 Å². The van der Waals surface area contributed by atoms with E-state index in [-0.39, 0.29) is 12.2 Å². The van der Waals surface area contributed by atoms with Crippen molar-refractivity contribution in [3.63, 3.8) is 0 Å². The molecule has 0 aromatic heterocycles. The van der Waals surface area contributed by atoms with Gasteiger partial charge in [0.1, 0.15) is 0 Å². The maximum atomic E-state index is 6.65. The van der Waals surface area contributed by atoms with Crippen molar-refractivity contribution in [2.24, 2.45) is 0 Å². The molecule has 5 rings (SSSR count). The van der Waals surface area contributed by atoms with Crippen molar-refractivity contribution in [3.8, 4) is 0 Å². The molecule has 33 heavy (non-hydrogen) atoms. The van der Waals surface area contributed by atoms with E-state index in [0.29, 0.717) is 26.4 Å². The minimum Gasteiger partial charge on any atom is -0.374 e. The van der Waals surface area contributed by atoms with Crippen LogP contribution < -0.4 is 0 Å². The van der Waals surface area contributed by atoms with Crippen molar-refractivity contribution < 1.29 is 23.7 Å². The maximum absolute atomic E-state index is 6.65. The van der Waals surface area contributed by atoms with E-state index in [1.807, 2.05) is 36.4 Å². The van der Waals surface area contributed by atoms with Crippen molar-refractivity contribution in [1.29, 1.82) is 0 Å². The van der Waals surface area contributed by atoms with E-state index in [1.165, 1.54) is 11.1 Å². The third kappa shape index (κ3) is 6.03. The van der Waals surface area contributed by atoms with Gasteiger partial charge in [-0.05, 0) is 36.8 Å². The lowest BCUT2D eigenvalue weighted by Gasteiger charge is -2.43. The van der Waals surface area contributed by atoms with E-state index in [9.17, 15) is 0 Å². The second-order valence-corrected chi connectivity index (χ2v) is 9.69. The fourth-order valence-electron chi connectivity index (χ4n) is 5.38. The molecule has 178 valence electrons. The summed E-state index contributed by atoms with van der Waals surface area (Å²) in [6.45, 7) is 2.44. The number of benzene rings is 2. The zero-order chi connectivity index (χ0) is 22.4. The molecule has 5 heteroatoms.